The predicted octanol–water partition coefficient (Wildman–Crippen LogP) is 2.22. The lowest BCUT2D eigenvalue weighted by molar-refractivity contribution is 0.0412. The van der Waals surface area contributed by atoms with Gasteiger partial charge in [0.1, 0.15) is 0 Å². The molecule has 0 amide bonds. The van der Waals surface area contributed by atoms with Crippen molar-refractivity contribution < 1.29 is 4.84 Å². The van der Waals surface area contributed by atoms with Gasteiger partial charge >= 0.3 is 0 Å². The van der Waals surface area contributed by atoms with Crippen molar-refractivity contribution in [1.82, 2.24) is 5.48 Å². The summed E-state index contributed by atoms with van der Waals surface area (Å²) in [5.41, 5.74) is 5.79. The van der Waals surface area contributed by atoms with Gasteiger partial charge in [0, 0.05) is 16.8 Å². The first-order valence-corrected chi connectivity index (χ1v) is 6.65. The van der Waals surface area contributed by atoms with Crippen LogP contribution in [0, 0.1) is 0 Å². The van der Waals surface area contributed by atoms with E-state index in [0.717, 1.165) is 38.5 Å². The summed E-state index contributed by atoms with van der Waals surface area (Å²) in [6.45, 7) is 3.81. The monoisotopic (exact) mass is 234 g/mol. The molecule has 0 aliphatic heterocycles. The molecule has 1 rings (SSSR count). The van der Waals surface area contributed by atoms with E-state index in [1.807, 2.05) is 0 Å². The Hall–Kier alpha value is -0.643. The number of hydrogen-bond acceptors (Lipinski definition) is 2. The van der Waals surface area contributed by atoms with Gasteiger partial charge in [-0.05, 0) is 36.4 Å². The Morgan fingerprint density at radius 3 is 2.69 bits per heavy atom. The van der Waals surface area contributed by atoms with E-state index in [0.29, 0.717) is 0 Å². The summed E-state index contributed by atoms with van der Waals surface area (Å²) in [4.78, 5) is 5.22. The third kappa shape index (κ3) is 4.92. The maximum atomic E-state index is 5.22. The lowest BCUT2D eigenvalue weighted by atomic mass is 10.0. The van der Waals surface area contributed by atoms with Crippen LogP contribution in [0.3, 0.4) is 0 Å². The van der Waals surface area contributed by atoms with Crippen LogP contribution < -0.4 is 5.48 Å². The summed E-state index contributed by atoms with van der Waals surface area (Å²) in [5, 5.41) is 0. The Labute approximate surface area is 102 Å². The molecule has 0 heterocycles. The maximum absolute atomic E-state index is 5.22. The van der Waals surface area contributed by atoms with E-state index in [4.69, 9.17) is 4.84 Å². The fourth-order valence-electron chi connectivity index (χ4n) is 1.57. The van der Waals surface area contributed by atoms with Crippen LogP contribution in [-0.2, 0) is 17.3 Å². The number of hydrogen-bond donors (Lipinski definition) is 1. The summed E-state index contributed by atoms with van der Waals surface area (Å²) in [6.07, 6.45) is 3.26. The Morgan fingerprint density at radius 1 is 1.25 bits per heavy atom. The average molecular weight is 234 g/mol. The van der Waals surface area contributed by atoms with E-state index in [2.05, 4.69) is 46.9 Å². The second-order valence-corrected chi connectivity index (χ2v) is 4.15. The highest BCUT2D eigenvalue weighted by Crippen LogP contribution is 2.10. The van der Waals surface area contributed by atoms with Crippen molar-refractivity contribution >= 4 is 10.2 Å². The molecule has 0 atom stereocenters. The molecular weight excluding hydrogens is 214 g/mol. The number of rotatable bonds is 8. The third-order valence-electron chi connectivity index (χ3n) is 2.44. The topological polar surface area (TPSA) is 21.3 Å². The van der Waals surface area contributed by atoms with Crippen LogP contribution in [0.4, 0.5) is 0 Å². The first-order chi connectivity index (χ1) is 7.88. The minimum absolute atomic E-state index is 0.789. The van der Waals surface area contributed by atoms with E-state index in [1.165, 1.54) is 11.1 Å². The molecule has 2 nitrogen and oxygen atoms in total. The largest absolute Gasteiger partial charge is 0.302 e. The molecule has 0 bridgehead atoms. The van der Waals surface area contributed by atoms with Crippen molar-refractivity contribution in [2.24, 2.45) is 0 Å². The number of nitrogens with one attached hydrogen (secondary N) is 1. The van der Waals surface area contributed by atoms with Crippen molar-refractivity contribution in [1.29, 1.82) is 0 Å². The van der Waals surface area contributed by atoms with Gasteiger partial charge in [0.25, 0.3) is 0 Å². The second-order valence-electron chi connectivity index (χ2n) is 3.79. The lowest BCUT2D eigenvalue weighted by Gasteiger charge is -2.08. The molecule has 0 aliphatic rings. The van der Waals surface area contributed by atoms with E-state index < -0.39 is 0 Å². The van der Waals surface area contributed by atoms with Gasteiger partial charge in [-0.2, -0.15) is 0 Å². The highest BCUT2D eigenvalue weighted by molar-refractivity contribution is 6.08. The molecule has 0 aromatic heterocycles. The van der Waals surface area contributed by atoms with Gasteiger partial charge < -0.3 is 4.84 Å². The highest BCUT2D eigenvalue weighted by Gasteiger charge is 1.98. The molecule has 3 heteroatoms. The van der Waals surface area contributed by atoms with Crippen molar-refractivity contribution in [3.05, 3.63) is 35.4 Å². The van der Waals surface area contributed by atoms with Crippen molar-refractivity contribution in [3.8, 4) is 0 Å². The summed E-state index contributed by atoms with van der Waals surface area (Å²) in [7, 11) is 3.56. The summed E-state index contributed by atoms with van der Waals surface area (Å²) >= 11 is 0. The summed E-state index contributed by atoms with van der Waals surface area (Å²) in [6, 6.07) is 9.48. The second kappa shape index (κ2) is 8.50. The lowest BCUT2D eigenvalue weighted by Crippen LogP contribution is -2.17. The molecule has 0 saturated heterocycles. The molecule has 0 unspecified atom stereocenters. The first-order valence-electron chi connectivity index (χ1n) is 5.94. The molecule has 0 spiro atoms. The third-order valence-corrected chi connectivity index (χ3v) is 2.82. The van der Waals surface area contributed by atoms with Gasteiger partial charge in [-0.25, -0.2) is 5.48 Å². The minimum atomic E-state index is 0.789. The van der Waals surface area contributed by atoms with Crippen LogP contribution in [-0.4, -0.2) is 23.4 Å². The number of hydroxylamine groups is 1. The van der Waals surface area contributed by atoms with Crippen molar-refractivity contribution in [2.75, 3.05) is 13.2 Å². The maximum Gasteiger partial charge on any atom is 0.0679 e. The summed E-state index contributed by atoms with van der Waals surface area (Å²) in [5.74, 6) is 0. The molecule has 0 aliphatic carbocycles. The SMILES string of the molecule is CCCONCCCc1ccccc1C[Si]. The van der Waals surface area contributed by atoms with Crippen LogP contribution in [0.15, 0.2) is 24.3 Å². The number of aryl methyl sites for hydroxylation is 1. The molecular formula is C13H20NOSi. The smallest absolute Gasteiger partial charge is 0.0679 e. The van der Waals surface area contributed by atoms with Gasteiger partial charge in [0.05, 0.1) is 6.61 Å². The van der Waals surface area contributed by atoms with Gasteiger partial charge in [0.2, 0.25) is 0 Å². The molecule has 16 heavy (non-hydrogen) atoms. The van der Waals surface area contributed by atoms with Gasteiger partial charge in [-0.1, -0.05) is 31.2 Å². The fraction of sp³-hybridized carbons (Fsp3) is 0.538. The Balaban J connectivity index is 2.21. The molecule has 1 aromatic carbocycles. The Morgan fingerprint density at radius 2 is 2.00 bits per heavy atom. The van der Waals surface area contributed by atoms with Gasteiger partial charge in [-0.15, -0.1) is 0 Å². The minimum Gasteiger partial charge on any atom is -0.302 e. The first kappa shape index (κ1) is 13.4. The molecule has 0 saturated carbocycles. The van der Waals surface area contributed by atoms with E-state index in [1.54, 1.807) is 0 Å². The zero-order chi connectivity index (χ0) is 11.6. The average Bonchev–Trinajstić information content (AvgIpc) is 2.34. The van der Waals surface area contributed by atoms with Crippen LogP contribution in [0.5, 0.6) is 0 Å². The van der Waals surface area contributed by atoms with Gasteiger partial charge in [-0.3, -0.25) is 0 Å². The molecule has 87 valence electrons. The molecule has 3 radical (unpaired) electrons. The molecule has 1 aromatic rings. The summed E-state index contributed by atoms with van der Waals surface area (Å²) < 4.78 is 0. The van der Waals surface area contributed by atoms with Crippen LogP contribution in [0.25, 0.3) is 0 Å². The fourth-order valence-corrected chi connectivity index (χ4v) is 1.92. The van der Waals surface area contributed by atoms with Crippen LogP contribution >= 0.6 is 0 Å². The molecule has 0 fully saturated rings. The van der Waals surface area contributed by atoms with Crippen LogP contribution in [0.1, 0.15) is 30.9 Å². The standard InChI is InChI=1S/C13H20NOSi/c1-2-10-15-14-9-5-8-12-6-3-4-7-13(12)11-16/h3-4,6-7,14H,2,5,8-11H2,1H3. The predicted molar refractivity (Wildman–Crippen MR) is 68.5 cm³/mol. The number of benzene rings is 1. The Bertz CT molecular complexity index is 291. The van der Waals surface area contributed by atoms with Gasteiger partial charge in [0.15, 0.2) is 0 Å². The van der Waals surface area contributed by atoms with E-state index in [-0.39, 0.29) is 0 Å². The zero-order valence-corrected chi connectivity index (χ0v) is 11.0. The molecule has 1 N–H and O–H groups in total. The highest BCUT2D eigenvalue weighted by atomic mass is 28.1. The van der Waals surface area contributed by atoms with E-state index >= 15 is 0 Å². The van der Waals surface area contributed by atoms with E-state index in [9.17, 15) is 0 Å². The zero-order valence-electron chi connectivity index (χ0n) is 9.96. The van der Waals surface area contributed by atoms with Crippen molar-refractivity contribution in [2.45, 2.75) is 32.2 Å². The normalized spacial score (nSPS) is 10.6. The van der Waals surface area contributed by atoms with Crippen molar-refractivity contribution in [3.63, 3.8) is 0 Å². The quantitative estimate of drug-likeness (QED) is 0.423. The van der Waals surface area contributed by atoms with Crippen LogP contribution in [0.2, 0.25) is 0 Å². The Kier molecular flexibility index (Phi) is 7.13.